The summed E-state index contributed by atoms with van der Waals surface area (Å²) in [7, 11) is 1.89. The number of aromatic nitrogens is 3. The van der Waals surface area contributed by atoms with E-state index in [4.69, 9.17) is 11.6 Å². The van der Waals surface area contributed by atoms with Crippen molar-refractivity contribution >= 4 is 39.3 Å². The highest BCUT2D eigenvalue weighted by Gasteiger charge is 2.15. The molecule has 3 aromatic rings. The molecule has 1 aromatic heterocycles. The Balaban J connectivity index is 1.85. The van der Waals surface area contributed by atoms with E-state index < -0.39 is 0 Å². The standard InChI is InChI=1S/C16H12BrClFN3S/c1-22-15(10-5-2-3-6-12(10)17)20-21-16(22)23-9-11-13(18)7-4-8-14(11)19/h2-8H,9H2,1H3. The van der Waals surface area contributed by atoms with Crippen LogP contribution < -0.4 is 0 Å². The van der Waals surface area contributed by atoms with Gasteiger partial charge in [0.1, 0.15) is 5.82 Å². The third kappa shape index (κ3) is 3.44. The van der Waals surface area contributed by atoms with E-state index in [0.29, 0.717) is 21.5 Å². The number of benzene rings is 2. The number of thioether (sulfide) groups is 1. The first kappa shape index (κ1) is 16.5. The van der Waals surface area contributed by atoms with Gasteiger partial charge in [0.15, 0.2) is 11.0 Å². The highest BCUT2D eigenvalue weighted by Crippen LogP contribution is 2.31. The zero-order chi connectivity index (χ0) is 16.4. The second-order valence-electron chi connectivity index (χ2n) is 4.83. The Kier molecular flexibility index (Phi) is 5.04. The van der Waals surface area contributed by atoms with Crippen molar-refractivity contribution in [3.05, 3.63) is 63.3 Å². The Morgan fingerprint density at radius 1 is 1.17 bits per heavy atom. The van der Waals surface area contributed by atoms with Gasteiger partial charge in [0.2, 0.25) is 0 Å². The molecule has 0 aliphatic carbocycles. The average Bonchev–Trinajstić information content (AvgIpc) is 2.88. The van der Waals surface area contributed by atoms with Crippen molar-refractivity contribution in [2.24, 2.45) is 7.05 Å². The number of nitrogens with zero attached hydrogens (tertiary/aromatic N) is 3. The molecule has 0 amide bonds. The number of hydrogen-bond donors (Lipinski definition) is 0. The van der Waals surface area contributed by atoms with E-state index in [1.54, 1.807) is 12.1 Å². The van der Waals surface area contributed by atoms with Crippen LogP contribution in [0.1, 0.15) is 5.56 Å². The Morgan fingerprint density at radius 3 is 2.70 bits per heavy atom. The van der Waals surface area contributed by atoms with Gasteiger partial charge in [-0.25, -0.2) is 4.39 Å². The summed E-state index contributed by atoms with van der Waals surface area (Å²) in [5.74, 6) is 0.839. The summed E-state index contributed by atoms with van der Waals surface area (Å²) in [6, 6.07) is 12.5. The van der Waals surface area contributed by atoms with E-state index in [1.807, 2.05) is 35.9 Å². The number of rotatable bonds is 4. The number of hydrogen-bond acceptors (Lipinski definition) is 3. The molecule has 0 saturated carbocycles. The lowest BCUT2D eigenvalue weighted by molar-refractivity contribution is 0.617. The van der Waals surface area contributed by atoms with E-state index in [-0.39, 0.29) is 5.82 Å². The molecule has 0 radical (unpaired) electrons. The van der Waals surface area contributed by atoms with E-state index in [9.17, 15) is 4.39 Å². The van der Waals surface area contributed by atoms with Crippen LogP contribution in [0.25, 0.3) is 11.4 Å². The van der Waals surface area contributed by atoms with E-state index in [0.717, 1.165) is 15.9 Å². The molecule has 0 fully saturated rings. The van der Waals surface area contributed by atoms with E-state index >= 15 is 0 Å². The lowest BCUT2D eigenvalue weighted by atomic mass is 10.2. The molecule has 118 valence electrons. The largest absolute Gasteiger partial charge is 0.305 e. The third-order valence-corrected chi connectivity index (χ3v) is 5.45. The van der Waals surface area contributed by atoms with Crippen LogP contribution >= 0.6 is 39.3 Å². The quantitative estimate of drug-likeness (QED) is 0.543. The van der Waals surface area contributed by atoms with Gasteiger partial charge in [-0.05, 0) is 18.2 Å². The van der Waals surface area contributed by atoms with Crippen LogP contribution in [0, 0.1) is 5.82 Å². The van der Waals surface area contributed by atoms with Gasteiger partial charge in [0.25, 0.3) is 0 Å². The van der Waals surface area contributed by atoms with Gasteiger partial charge in [-0.3, -0.25) is 0 Å². The molecule has 0 unspecified atom stereocenters. The molecule has 0 aliphatic rings. The fourth-order valence-corrected chi connectivity index (χ4v) is 3.84. The summed E-state index contributed by atoms with van der Waals surface area (Å²) in [4.78, 5) is 0. The molecule has 7 heteroatoms. The molecule has 0 bridgehead atoms. The Bertz CT molecular complexity index is 833. The van der Waals surface area contributed by atoms with Gasteiger partial charge in [-0.15, -0.1) is 10.2 Å². The van der Waals surface area contributed by atoms with Crippen molar-refractivity contribution in [3.63, 3.8) is 0 Å². The van der Waals surface area contributed by atoms with Gasteiger partial charge >= 0.3 is 0 Å². The summed E-state index contributed by atoms with van der Waals surface area (Å²) in [6.07, 6.45) is 0. The minimum atomic E-state index is -0.307. The second-order valence-corrected chi connectivity index (χ2v) is 7.04. The lowest BCUT2D eigenvalue weighted by Crippen LogP contribution is -1.96. The fraction of sp³-hybridized carbons (Fsp3) is 0.125. The predicted molar refractivity (Wildman–Crippen MR) is 95.1 cm³/mol. The molecule has 1 heterocycles. The number of halogens is 3. The maximum atomic E-state index is 13.8. The van der Waals surface area contributed by atoms with Crippen LogP contribution in [0.4, 0.5) is 4.39 Å². The molecule has 23 heavy (non-hydrogen) atoms. The van der Waals surface area contributed by atoms with Crippen molar-refractivity contribution in [2.45, 2.75) is 10.9 Å². The van der Waals surface area contributed by atoms with Gasteiger partial charge in [-0.2, -0.15) is 0 Å². The van der Waals surface area contributed by atoms with Crippen molar-refractivity contribution < 1.29 is 4.39 Å². The van der Waals surface area contributed by atoms with E-state index in [2.05, 4.69) is 26.1 Å². The molecule has 3 rings (SSSR count). The summed E-state index contributed by atoms with van der Waals surface area (Å²) < 4.78 is 16.7. The van der Waals surface area contributed by atoms with Crippen LogP contribution in [0.3, 0.4) is 0 Å². The van der Waals surface area contributed by atoms with Gasteiger partial charge < -0.3 is 4.57 Å². The van der Waals surface area contributed by atoms with Crippen LogP contribution in [-0.4, -0.2) is 14.8 Å². The monoisotopic (exact) mass is 411 g/mol. The molecule has 0 N–H and O–H groups in total. The van der Waals surface area contributed by atoms with Crippen molar-refractivity contribution in [1.82, 2.24) is 14.8 Å². The molecule has 2 aromatic carbocycles. The minimum Gasteiger partial charge on any atom is -0.305 e. The zero-order valence-electron chi connectivity index (χ0n) is 12.1. The smallest absolute Gasteiger partial charge is 0.191 e. The van der Waals surface area contributed by atoms with Crippen LogP contribution in [-0.2, 0) is 12.8 Å². The van der Waals surface area contributed by atoms with Crippen molar-refractivity contribution in [3.8, 4) is 11.4 Å². The van der Waals surface area contributed by atoms with Gasteiger partial charge in [0, 0.05) is 33.4 Å². The minimum absolute atomic E-state index is 0.307. The third-order valence-electron chi connectivity index (χ3n) is 3.36. The Morgan fingerprint density at radius 2 is 1.96 bits per heavy atom. The Hall–Kier alpha value is -1.37. The first-order chi connectivity index (χ1) is 11.1. The SMILES string of the molecule is Cn1c(SCc2c(F)cccc2Cl)nnc1-c1ccccc1Br. The first-order valence-corrected chi connectivity index (χ1v) is 8.93. The molecular formula is C16H12BrClFN3S. The maximum absolute atomic E-state index is 13.8. The molecule has 3 nitrogen and oxygen atoms in total. The molecule has 0 spiro atoms. The lowest BCUT2D eigenvalue weighted by Gasteiger charge is -2.07. The summed E-state index contributed by atoms with van der Waals surface area (Å²) in [5, 5.41) is 9.56. The average molecular weight is 413 g/mol. The topological polar surface area (TPSA) is 30.7 Å². The van der Waals surface area contributed by atoms with Gasteiger partial charge in [0.05, 0.1) is 0 Å². The molecule has 0 saturated heterocycles. The summed E-state index contributed by atoms with van der Waals surface area (Å²) in [6.45, 7) is 0. The highest BCUT2D eigenvalue weighted by molar-refractivity contribution is 9.10. The normalized spacial score (nSPS) is 11.0. The zero-order valence-corrected chi connectivity index (χ0v) is 15.3. The molecular weight excluding hydrogens is 401 g/mol. The summed E-state index contributed by atoms with van der Waals surface area (Å²) in [5.41, 5.74) is 1.43. The first-order valence-electron chi connectivity index (χ1n) is 6.78. The van der Waals surface area contributed by atoms with Crippen molar-refractivity contribution in [1.29, 1.82) is 0 Å². The predicted octanol–water partition coefficient (Wildman–Crippen LogP) is 5.33. The van der Waals surface area contributed by atoms with Crippen molar-refractivity contribution in [2.75, 3.05) is 0 Å². The maximum Gasteiger partial charge on any atom is 0.191 e. The van der Waals surface area contributed by atoms with Crippen LogP contribution in [0.2, 0.25) is 5.02 Å². The summed E-state index contributed by atoms with van der Waals surface area (Å²) >= 11 is 11.0. The Labute approximate surface area is 151 Å². The van der Waals surface area contributed by atoms with Crippen LogP contribution in [0.5, 0.6) is 0 Å². The fourth-order valence-electron chi connectivity index (χ4n) is 2.12. The van der Waals surface area contributed by atoms with Gasteiger partial charge in [-0.1, -0.05) is 63.6 Å². The highest BCUT2D eigenvalue weighted by atomic mass is 79.9. The molecule has 0 atom stereocenters. The molecule has 0 aliphatic heterocycles. The van der Waals surface area contributed by atoms with E-state index in [1.165, 1.54) is 17.8 Å². The van der Waals surface area contributed by atoms with Crippen LogP contribution in [0.15, 0.2) is 52.1 Å². The second kappa shape index (κ2) is 7.03.